The second kappa shape index (κ2) is 6.17. The number of carbonyl (C=O) groups is 2. The molecule has 6 heteroatoms. The zero-order chi connectivity index (χ0) is 14.5. The van der Waals surface area contributed by atoms with Crippen molar-refractivity contribution < 1.29 is 19.4 Å². The van der Waals surface area contributed by atoms with E-state index in [4.69, 9.17) is 15.1 Å². The van der Waals surface area contributed by atoms with Crippen LogP contribution in [-0.4, -0.2) is 47.7 Å². The fraction of sp³-hybridized carbons (Fsp3) is 0.357. The van der Waals surface area contributed by atoms with E-state index in [9.17, 15) is 9.59 Å². The molecule has 0 radical (unpaired) electrons. The van der Waals surface area contributed by atoms with Gasteiger partial charge in [0.25, 0.3) is 5.91 Å². The van der Waals surface area contributed by atoms with Gasteiger partial charge in [0.2, 0.25) is 0 Å². The molecule has 1 saturated heterocycles. The third kappa shape index (κ3) is 3.13. The number of morpholine rings is 1. The van der Waals surface area contributed by atoms with Crippen molar-refractivity contribution in [3.8, 4) is 6.07 Å². The first kappa shape index (κ1) is 14.0. The summed E-state index contributed by atoms with van der Waals surface area (Å²) in [7, 11) is 0. The Bertz CT molecular complexity index is 565. The maximum atomic E-state index is 12.3. The first-order chi connectivity index (χ1) is 9.61. The van der Waals surface area contributed by atoms with Crippen molar-refractivity contribution in [2.75, 3.05) is 19.7 Å². The predicted octanol–water partition coefficient (Wildman–Crippen LogP) is 0.678. The van der Waals surface area contributed by atoms with Crippen LogP contribution < -0.4 is 0 Å². The number of rotatable bonds is 3. The van der Waals surface area contributed by atoms with Gasteiger partial charge in [-0.2, -0.15) is 5.26 Å². The molecule has 1 fully saturated rings. The molecule has 1 aliphatic heterocycles. The van der Waals surface area contributed by atoms with Crippen molar-refractivity contribution in [3.05, 3.63) is 35.4 Å². The molecule has 1 aromatic carbocycles. The minimum absolute atomic E-state index is 0.0383. The lowest BCUT2D eigenvalue weighted by atomic mass is 10.1. The van der Waals surface area contributed by atoms with Gasteiger partial charge in [-0.3, -0.25) is 4.79 Å². The zero-order valence-electron chi connectivity index (χ0n) is 10.8. The van der Waals surface area contributed by atoms with E-state index in [0.29, 0.717) is 12.1 Å². The molecule has 1 aromatic rings. The number of hydrogen-bond donors (Lipinski definition) is 1. The van der Waals surface area contributed by atoms with Crippen molar-refractivity contribution in [3.63, 3.8) is 0 Å². The van der Waals surface area contributed by atoms with Crippen LogP contribution in [0.15, 0.2) is 24.3 Å². The summed E-state index contributed by atoms with van der Waals surface area (Å²) in [6, 6.07) is 8.85. The standard InChI is InChI=1S/C14H14N2O4/c15-5-4-10-2-1-3-11(8-10)13(17)16-6-7-20-12(9-16)14(18)19/h1-3,8,12H,4,6-7,9H2,(H,18,19)/t12-/m0/s1. The van der Waals surface area contributed by atoms with Gasteiger partial charge in [-0.25, -0.2) is 4.79 Å². The van der Waals surface area contributed by atoms with Crippen LogP contribution in [0.4, 0.5) is 0 Å². The molecule has 1 aliphatic rings. The number of amides is 1. The van der Waals surface area contributed by atoms with Crippen LogP contribution in [0, 0.1) is 11.3 Å². The van der Waals surface area contributed by atoms with Crippen molar-refractivity contribution in [2.24, 2.45) is 0 Å². The Kier molecular flexibility index (Phi) is 4.33. The highest BCUT2D eigenvalue weighted by Crippen LogP contribution is 2.13. The van der Waals surface area contributed by atoms with Crippen molar-refractivity contribution in [1.29, 1.82) is 5.26 Å². The number of ether oxygens (including phenoxy) is 1. The highest BCUT2D eigenvalue weighted by molar-refractivity contribution is 5.94. The smallest absolute Gasteiger partial charge is 0.334 e. The molecule has 0 aliphatic carbocycles. The third-order valence-corrected chi connectivity index (χ3v) is 3.09. The van der Waals surface area contributed by atoms with Gasteiger partial charge in [0.1, 0.15) is 0 Å². The van der Waals surface area contributed by atoms with Gasteiger partial charge in [0, 0.05) is 12.1 Å². The van der Waals surface area contributed by atoms with Crippen LogP contribution in [0.5, 0.6) is 0 Å². The monoisotopic (exact) mass is 274 g/mol. The second-order valence-electron chi connectivity index (χ2n) is 4.48. The number of nitrogens with zero attached hydrogens (tertiary/aromatic N) is 2. The van der Waals surface area contributed by atoms with Crippen LogP contribution >= 0.6 is 0 Å². The molecule has 0 aromatic heterocycles. The molecule has 0 spiro atoms. The summed E-state index contributed by atoms with van der Waals surface area (Å²) < 4.78 is 5.08. The minimum atomic E-state index is -1.07. The fourth-order valence-electron chi connectivity index (χ4n) is 2.07. The van der Waals surface area contributed by atoms with E-state index < -0.39 is 12.1 Å². The number of benzene rings is 1. The molecule has 1 heterocycles. The summed E-state index contributed by atoms with van der Waals surface area (Å²) in [5, 5.41) is 17.6. The summed E-state index contributed by atoms with van der Waals surface area (Å²) >= 11 is 0. The summed E-state index contributed by atoms with van der Waals surface area (Å²) in [4.78, 5) is 24.7. The van der Waals surface area contributed by atoms with Gasteiger partial charge in [0.15, 0.2) is 6.10 Å². The Morgan fingerprint density at radius 3 is 3.00 bits per heavy atom. The molecule has 2 rings (SSSR count). The summed E-state index contributed by atoms with van der Waals surface area (Å²) in [6.07, 6.45) is -0.739. The molecular weight excluding hydrogens is 260 g/mol. The predicted molar refractivity (Wildman–Crippen MR) is 69.0 cm³/mol. The van der Waals surface area contributed by atoms with Crippen LogP contribution in [0.1, 0.15) is 15.9 Å². The van der Waals surface area contributed by atoms with E-state index in [0.717, 1.165) is 5.56 Å². The van der Waals surface area contributed by atoms with E-state index in [1.54, 1.807) is 24.3 Å². The molecule has 6 nitrogen and oxygen atoms in total. The lowest BCUT2D eigenvalue weighted by Gasteiger charge is -2.31. The molecule has 1 atom stereocenters. The Balaban J connectivity index is 2.12. The van der Waals surface area contributed by atoms with E-state index in [2.05, 4.69) is 0 Å². The van der Waals surface area contributed by atoms with Crippen LogP contribution in [0.3, 0.4) is 0 Å². The minimum Gasteiger partial charge on any atom is -0.479 e. The molecule has 1 amide bonds. The van der Waals surface area contributed by atoms with Crippen LogP contribution in [0.2, 0.25) is 0 Å². The van der Waals surface area contributed by atoms with Crippen molar-refractivity contribution in [1.82, 2.24) is 4.90 Å². The molecule has 0 unspecified atom stereocenters. The Hall–Kier alpha value is -2.39. The molecule has 0 bridgehead atoms. The SMILES string of the molecule is N#CCc1cccc(C(=O)N2CCO[C@H](C(=O)O)C2)c1. The van der Waals surface area contributed by atoms with Crippen LogP contribution in [0.25, 0.3) is 0 Å². The lowest BCUT2D eigenvalue weighted by molar-refractivity contribution is -0.154. The average molecular weight is 274 g/mol. The number of carbonyl (C=O) groups excluding carboxylic acids is 1. The number of hydrogen-bond acceptors (Lipinski definition) is 4. The largest absolute Gasteiger partial charge is 0.479 e. The Morgan fingerprint density at radius 2 is 2.30 bits per heavy atom. The zero-order valence-corrected chi connectivity index (χ0v) is 10.8. The van der Waals surface area contributed by atoms with Gasteiger partial charge >= 0.3 is 5.97 Å². The highest BCUT2D eigenvalue weighted by Gasteiger charge is 2.29. The molecular formula is C14H14N2O4. The Morgan fingerprint density at radius 1 is 1.50 bits per heavy atom. The molecule has 1 N–H and O–H groups in total. The number of carboxylic acid groups (broad SMARTS) is 1. The second-order valence-corrected chi connectivity index (χ2v) is 4.48. The summed E-state index contributed by atoms with van der Waals surface area (Å²) in [5.41, 5.74) is 1.23. The van der Waals surface area contributed by atoms with E-state index in [-0.39, 0.29) is 25.5 Å². The van der Waals surface area contributed by atoms with E-state index in [1.807, 2.05) is 6.07 Å². The maximum Gasteiger partial charge on any atom is 0.334 e. The average Bonchev–Trinajstić information content (AvgIpc) is 2.47. The van der Waals surface area contributed by atoms with Crippen molar-refractivity contribution >= 4 is 11.9 Å². The molecule has 104 valence electrons. The molecule has 0 saturated carbocycles. The van der Waals surface area contributed by atoms with Gasteiger partial charge in [-0.1, -0.05) is 12.1 Å². The quantitative estimate of drug-likeness (QED) is 0.875. The van der Waals surface area contributed by atoms with Gasteiger partial charge in [-0.05, 0) is 17.7 Å². The Labute approximate surface area is 116 Å². The summed E-state index contributed by atoms with van der Waals surface area (Å²) in [6.45, 7) is 0.613. The number of carboxylic acids is 1. The normalized spacial score (nSPS) is 18.4. The number of nitriles is 1. The first-order valence-corrected chi connectivity index (χ1v) is 6.21. The van der Waals surface area contributed by atoms with Gasteiger partial charge in [0.05, 0.1) is 25.6 Å². The van der Waals surface area contributed by atoms with Crippen molar-refractivity contribution in [2.45, 2.75) is 12.5 Å². The fourth-order valence-corrected chi connectivity index (χ4v) is 2.07. The van der Waals surface area contributed by atoms with Crippen LogP contribution in [-0.2, 0) is 16.0 Å². The number of aliphatic carboxylic acids is 1. The summed E-state index contributed by atoms with van der Waals surface area (Å²) in [5.74, 6) is -1.31. The third-order valence-electron chi connectivity index (χ3n) is 3.09. The first-order valence-electron chi connectivity index (χ1n) is 6.21. The lowest BCUT2D eigenvalue weighted by Crippen LogP contribution is -2.48. The topological polar surface area (TPSA) is 90.6 Å². The van der Waals surface area contributed by atoms with Gasteiger partial charge < -0.3 is 14.7 Å². The maximum absolute atomic E-state index is 12.3. The van der Waals surface area contributed by atoms with Gasteiger partial charge in [-0.15, -0.1) is 0 Å². The molecule has 20 heavy (non-hydrogen) atoms. The van der Waals surface area contributed by atoms with E-state index >= 15 is 0 Å². The van der Waals surface area contributed by atoms with E-state index in [1.165, 1.54) is 4.90 Å². The highest BCUT2D eigenvalue weighted by atomic mass is 16.5.